The summed E-state index contributed by atoms with van der Waals surface area (Å²) in [5, 5.41) is 3.33. The Morgan fingerprint density at radius 1 is 1.56 bits per heavy atom. The summed E-state index contributed by atoms with van der Waals surface area (Å²) in [5.41, 5.74) is 9.65. The predicted molar refractivity (Wildman–Crippen MR) is 60.7 cm³/mol. The Balaban J connectivity index is 2.88. The van der Waals surface area contributed by atoms with Crippen LogP contribution in [0.4, 0.5) is 0 Å². The van der Waals surface area contributed by atoms with Crippen molar-refractivity contribution in [3.05, 3.63) is 39.8 Å². The first-order valence-electron chi connectivity index (χ1n) is 4.87. The van der Waals surface area contributed by atoms with Crippen molar-refractivity contribution in [2.75, 3.05) is 13.7 Å². The SMILES string of the molecule is COc1ccc(C)cc1C(=O)CCN=[N+]=[N-]. The third-order valence-electron chi connectivity index (χ3n) is 2.16. The van der Waals surface area contributed by atoms with Crippen molar-refractivity contribution in [1.29, 1.82) is 0 Å². The molecule has 0 spiro atoms. The van der Waals surface area contributed by atoms with Crippen LogP contribution in [0.3, 0.4) is 0 Å². The molecule has 5 heteroatoms. The molecule has 1 aromatic rings. The molecule has 84 valence electrons. The maximum Gasteiger partial charge on any atom is 0.166 e. The summed E-state index contributed by atoms with van der Waals surface area (Å²) in [6.45, 7) is 2.08. The molecule has 0 saturated carbocycles. The normalized spacial score (nSPS) is 9.38. The van der Waals surface area contributed by atoms with E-state index in [4.69, 9.17) is 10.3 Å². The fourth-order valence-corrected chi connectivity index (χ4v) is 1.37. The lowest BCUT2D eigenvalue weighted by atomic mass is 10.0. The van der Waals surface area contributed by atoms with Gasteiger partial charge in [0.1, 0.15) is 5.75 Å². The highest BCUT2D eigenvalue weighted by Gasteiger charge is 2.11. The Bertz CT molecular complexity index is 437. The maximum atomic E-state index is 11.8. The molecule has 0 atom stereocenters. The van der Waals surface area contributed by atoms with Gasteiger partial charge in [-0.15, -0.1) is 0 Å². The minimum atomic E-state index is -0.0760. The first-order valence-corrected chi connectivity index (χ1v) is 4.87. The van der Waals surface area contributed by atoms with E-state index < -0.39 is 0 Å². The quantitative estimate of drug-likeness (QED) is 0.330. The van der Waals surface area contributed by atoms with Crippen molar-refractivity contribution in [1.82, 2.24) is 0 Å². The van der Waals surface area contributed by atoms with Crippen LogP contribution < -0.4 is 4.74 Å². The second kappa shape index (κ2) is 5.78. The van der Waals surface area contributed by atoms with Crippen LogP contribution in [0.25, 0.3) is 10.4 Å². The van der Waals surface area contributed by atoms with E-state index in [1.165, 1.54) is 7.11 Å². The number of nitrogens with zero attached hydrogens (tertiary/aromatic N) is 3. The topological polar surface area (TPSA) is 75.1 Å². The molecule has 0 heterocycles. The standard InChI is InChI=1S/C11H13N3O2/c1-8-3-4-11(16-2)9(7-8)10(15)5-6-13-14-12/h3-4,7H,5-6H2,1-2H3. The predicted octanol–water partition coefficient (Wildman–Crippen LogP) is 2.89. The largest absolute Gasteiger partial charge is 0.496 e. The summed E-state index contributed by atoms with van der Waals surface area (Å²) in [4.78, 5) is 14.4. The van der Waals surface area contributed by atoms with Crippen molar-refractivity contribution in [2.24, 2.45) is 5.11 Å². The number of carbonyl (C=O) groups excluding carboxylic acids is 1. The third kappa shape index (κ3) is 3.00. The number of carbonyl (C=O) groups is 1. The summed E-state index contributed by atoms with van der Waals surface area (Å²) in [7, 11) is 1.52. The van der Waals surface area contributed by atoms with Gasteiger partial charge in [-0.3, -0.25) is 4.79 Å². The lowest BCUT2D eigenvalue weighted by Crippen LogP contribution is -2.04. The minimum Gasteiger partial charge on any atom is -0.496 e. The molecule has 0 aromatic heterocycles. The molecule has 0 saturated heterocycles. The van der Waals surface area contributed by atoms with Crippen LogP contribution in [0.1, 0.15) is 22.3 Å². The van der Waals surface area contributed by atoms with Crippen LogP contribution >= 0.6 is 0 Å². The Morgan fingerprint density at radius 2 is 2.31 bits per heavy atom. The van der Waals surface area contributed by atoms with Crippen LogP contribution in [-0.2, 0) is 0 Å². The number of ketones is 1. The highest BCUT2D eigenvalue weighted by atomic mass is 16.5. The van der Waals surface area contributed by atoms with Crippen molar-refractivity contribution in [3.63, 3.8) is 0 Å². The van der Waals surface area contributed by atoms with Gasteiger partial charge in [0.2, 0.25) is 0 Å². The second-order valence-corrected chi connectivity index (χ2v) is 3.33. The van der Waals surface area contributed by atoms with Crippen LogP contribution in [0.15, 0.2) is 23.3 Å². The van der Waals surface area contributed by atoms with Gasteiger partial charge in [-0.2, -0.15) is 0 Å². The van der Waals surface area contributed by atoms with Gasteiger partial charge < -0.3 is 4.74 Å². The lowest BCUT2D eigenvalue weighted by molar-refractivity contribution is 0.0982. The zero-order valence-corrected chi connectivity index (χ0v) is 9.30. The van der Waals surface area contributed by atoms with Gasteiger partial charge in [-0.05, 0) is 24.6 Å². The van der Waals surface area contributed by atoms with Gasteiger partial charge in [-0.25, -0.2) is 0 Å². The summed E-state index contributed by atoms with van der Waals surface area (Å²) in [6, 6.07) is 5.41. The number of ether oxygens (including phenoxy) is 1. The fourth-order valence-electron chi connectivity index (χ4n) is 1.37. The second-order valence-electron chi connectivity index (χ2n) is 3.33. The minimum absolute atomic E-state index is 0.0760. The molecular formula is C11H13N3O2. The van der Waals surface area contributed by atoms with Crippen LogP contribution in [-0.4, -0.2) is 19.4 Å². The van der Waals surface area contributed by atoms with Crippen molar-refractivity contribution < 1.29 is 9.53 Å². The van der Waals surface area contributed by atoms with E-state index in [1.54, 1.807) is 12.1 Å². The fraction of sp³-hybridized carbons (Fsp3) is 0.364. The molecule has 5 nitrogen and oxygen atoms in total. The van der Waals surface area contributed by atoms with Crippen LogP contribution in [0.2, 0.25) is 0 Å². The average molecular weight is 219 g/mol. The van der Waals surface area contributed by atoms with E-state index >= 15 is 0 Å². The molecule has 0 bridgehead atoms. The Kier molecular flexibility index (Phi) is 4.36. The van der Waals surface area contributed by atoms with Gasteiger partial charge in [0, 0.05) is 17.9 Å². The molecular weight excluding hydrogens is 206 g/mol. The molecule has 0 aliphatic carbocycles. The van der Waals surface area contributed by atoms with Gasteiger partial charge in [0.15, 0.2) is 5.78 Å². The smallest absolute Gasteiger partial charge is 0.166 e. The Hall–Kier alpha value is -2.00. The molecule has 1 aromatic carbocycles. The summed E-state index contributed by atoms with van der Waals surface area (Å²) < 4.78 is 5.10. The first kappa shape index (κ1) is 12.1. The molecule has 0 amide bonds. The Morgan fingerprint density at radius 3 is 2.94 bits per heavy atom. The molecule has 0 N–H and O–H groups in total. The summed E-state index contributed by atoms with van der Waals surface area (Å²) in [5.74, 6) is 0.476. The number of azide groups is 1. The average Bonchev–Trinajstić information content (AvgIpc) is 2.29. The number of methoxy groups -OCH3 is 1. The van der Waals surface area contributed by atoms with Gasteiger partial charge in [-0.1, -0.05) is 16.7 Å². The van der Waals surface area contributed by atoms with E-state index in [0.29, 0.717) is 11.3 Å². The van der Waals surface area contributed by atoms with Gasteiger partial charge in [0.05, 0.1) is 12.7 Å². The molecule has 16 heavy (non-hydrogen) atoms. The molecule has 1 rings (SSSR count). The highest BCUT2D eigenvalue weighted by Crippen LogP contribution is 2.21. The number of rotatable bonds is 5. The van der Waals surface area contributed by atoms with Gasteiger partial charge >= 0.3 is 0 Å². The molecule has 0 fully saturated rings. The Labute approximate surface area is 93.7 Å². The third-order valence-corrected chi connectivity index (χ3v) is 2.16. The van der Waals surface area contributed by atoms with E-state index in [0.717, 1.165) is 5.56 Å². The number of Topliss-reactive ketones (excluding diaryl/α,β-unsaturated/α-hetero) is 1. The molecule has 0 aliphatic rings. The molecule has 0 unspecified atom stereocenters. The molecule has 0 aliphatic heterocycles. The number of hydrogen-bond donors (Lipinski definition) is 0. The summed E-state index contributed by atoms with van der Waals surface area (Å²) >= 11 is 0. The van der Waals surface area contributed by atoms with Crippen LogP contribution in [0, 0.1) is 6.92 Å². The maximum absolute atomic E-state index is 11.8. The number of benzene rings is 1. The molecule has 0 radical (unpaired) electrons. The van der Waals surface area contributed by atoms with Crippen molar-refractivity contribution >= 4 is 5.78 Å². The zero-order valence-electron chi connectivity index (χ0n) is 9.30. The monoisotopic (exact) mass is 219 g/mol. The van der Waals surface area contributed by atoms with E-state index in [-0.39, 0.29) is 18.7 Å². The van der Waals surface area contributed by atoms with Gasteiger partial charge in [0.25, 0.3) is 0 Å². The van der Waals surface area contributed by atoms with E-state index in [9.17, 15) is 4.79 Å². The van der Waals surface area contributed by atoms with Crippen LogP contribution in [0.5, 0.6) is 5.75 Å². The number of aryl methyl sites for hydroxylation is 1. The highest BCUT2D eigenvalue weighted by molar-refractivity contribution is 5.98. The zero-order chi connectivity index (χ0) is 12.0. The summed E-state index contributed by atoms with van der Waals surface area (Å²) in [6.07, 6.45) is 0.198. The van der Waals surface area contributed by atoms with Crippen molar-refractivity contribution in [2.45, 2.75) is 13.3 Å². The van der Waals surface area contributed by atoms with Crippen molar-refractivity contribution in [3.8, 4) is 5.75 Å². The number of hydrogen-bond acceptors (Lipinski definition) is 3. The van der Waals surface area contributed by atoms with E-state index in [1.807, 2.05) is 13.0 Å². The lowest BCUT2D eigenvalue weighted by Gasteiger charge is -2.07. The first-order chi connectivity index (χ1) is 7.69. The van der Waals surface area contributed by atoms with E-state index in [2.05, 4.69) is 10.0 Å².